The van der Waals surface area contributed by atoms with Crippen molar-refractivity contribution in [3.05, 3.63) is 27.7 Å². The third kappa shape index (κ3) is 1.50. The number of nitrogens with zero attached hydrogens (tertiary/aromatic N) is 1. The van der Waals surface area contributed by atoms with E-state index in [-0.39, 0.29) is 11.3 Å². The minimum absolute atomic E-state index is 0.244. The molecule has 64 valence electrons. The van der Waals surface area contributed by atoms with Crippen LogP contribution in [0, 0.1) is 0 Å². The molecule has 12 heavy (non-hydrogen) atoms. The van der Waals surface area contributed by atoms with Gasteiger partial charge in [0.1, 0.15) is 5.69 Å². The summed E-state index contributed by atoms with van der Waals surface area (Å²) in [5.74, 6) is -1.39. The van der Waals surface area contributed by atoms with Crippen molar-refractivity contribution in [1.82, 2.24) is 10.2 Å². The molecule has 5 nitrogen and oxygen atoms in total. The Bertz CT molecular complexity index is 356. The fourth-order valence-electron chi connectivity index (χ4n) is 0.813. The predicted molar refractivity (Wildman–Crippen MR) is 38.6 cm³/mol. The van der Waals surface area contributed by atoms with E-state index in [0.717, 1.165) is 0 Å². The zero-order chi connectivity index (χ0) is 9.14. The predicted octanol–water partition coefficient (Wildman–Crippen LogP) is -1.30. The minimum Gasteiger partial charge on any atom is -0.543 e. The maximum atomic E-state index is 10.9. The average Bonchev–Trinajstić information content (AvgIpc) is 2.05. The fraction of sp³-hybridized carbons (Fsp3) is 0.286. The van der Waals surface area contributed by atoms with Crippen LogP contribution < -0.4 is 10.7 Å². The normalized spacial score (nSPS) is 9.75. The minimum atomic E-state index is -1.39. The number of aryl methyl sites for hydroxylation is 1. The van der Waals surface area contributed by atoms with Crippen LogP contribution in [0.15, 0.2) is 10.9 Å². The standard InChI is InChI=1S/C7H8N2O3/c1-2-4-3-5(7(11)12)8-9-6(4)10/h3H,2H2,1H3,(H,9,10)(H,11,12)/p-1. The molecule has 0 amide bonds. The molecule has 0 saturated heterocycles. The maximum absolute atomic E-state index is 10.9. The number of hydrogen-bond donors (Lipinski definition) is 1. The zero-order valence-corrected chi connectivity index (χ0v) is 6.46. The van der Waals surface area contributed by atoms with E-state index in [4.69, 9.17) is 0 Å². The number of aromatic nitrogens is 2. The van der Waals surface area contributed by atoms with Crippen LogP contribution in [0.5, 0.6) is 0 Å². The topological polar surface area (TPSA) is 85.9 Å². The van der Waals surface area contributed by atoms with Crippen LogP contribution >= 0.6 is 0 Å². The summed E-state index contributed by atoms with van der Waals surface area (Å²) in [5.41, 5.74) is -0.210. The van der Waals surface area contributed by atoms with Crippen molar-refractivity contribution in [1.29, 1.82) is 0 Å². The number of rotatable bonds is 2. The Hall–Kier alpha value is -1.65. The van der Waals surface area contributed by atoms with E-state index < -0.39 is 5.97 Å². The number of carboxylic acid groups (broad SMARTS) is 1. The van der Waals surface area contributed by atoms with Gasteiger partial charge in [0.25, 0.3) is 5.56 Å². The highest BCUT2D eigenvalue weighted by molar-refractivity contribution is 5.83. The van der Waals surface area contributed by atoms with Crippen LogP contribution in [0.25, 0.3) is 0 Å². The van der Waals surface area contributed by atoms with Crippen LogP contribution in [0.2, 0.25) is 0 Å². The van der Waals surface area contributed by atoms with E-state index in [1.54, 1.807) is 6.92 Å². The second kappa shape index (κ2) is 3.17. The van der Waals surface area contributed by atoms with Crippen LogP contribution in [-0.2, 0) is 6.42 Å². The van der Waals surface area contributed by atoms with Gasteiger partial charge in [0.05, 0.1) is 5.97 Å². The fourth-order valence-corrected chi connectivity index (χ4v) is 0.813. The molecular weight excluding hydrogens is 160 g/mol. The van der Waals surface area contributed by atoms with Gasteiger partial charge in [0, 0.05) is 5.56 Å². The number of aromatic amines is 1. The van der Waals surface area contributed by atoms with Gasteiger partial charge in [-0.2, -0.15) is 5.10 Å². The largest absolute Gasteiger partial charge is 0.543 e. The van der Waals surface area contributed by atoms with Gasteiger partial charge >= 0.3 is 0 Å². The Labute approximate surface area is 68.1 Å². The number of aromatic carboxylic acids is 1. The lowest BCUT2D eigenvalue weighted by molar-refractivity contribution is -0.255. The van der Waals surface area contributed by atoms with Gasteiger partial charge in [-0.1, -0.05) is 6.92 Å². The third-order valence-electron chi connectivity index (χ3n) is 1.47. The van der Waals surface area contributed by atoms with E-state index in [0.29, 0.717) is 12.0 Å². The highest BCUT2D eigenvalue weighted by atomic mass is 16.4. The summed E-state index contributed by atoms with van der Waals surface area (Å²) in [6, 6.07) is 1.22. The highest BCUT2D eigenvalue weighted by Crippen LogP contribution is 1.93. The molecule has 0 bridgehead atoms. The smallest absolute Gasteiger partial charge is 0.267 e. The van der Waals surface area contributed by atoms with Crippen LogP contribution in [0.4, 0.5) is 0 Å². The van der Waals surface area contributed by atoms with E-state index in [2.05, 4.69) is 10.2 Å². The SMILES string of the molecule is CCc1cc(C(=O)[O-])n[nH]c1=O. The first-order chi connectivity index (χ1) is 5.65. The molecule has 0 atom stereocenters. The van der Waals surface area contributed by atoms with Gasteiger partial charge in [-0.15, -0.1) is 0 Å². The van der Waals surface area contributed by atoms with Crippen molar-refractivity contribution in [3.8, 4) is 0 Å². The second-order valence-electron chi connectivity index (χ2n) is 2.25. The Morgan fingerprint density at radius 3 is 2.92 bits per heavy atom. The van der Waals surface area contributed by atoms with Gasteiger partial charge < -0.3 is 9.90 Å². The molecule has 0 radical (unpaired) electrons. The number of hydrogen-bond acceptors (Lipinski definition) is 4. The molecule has 1 N–H and O–H groups in total. The van der Waals surface area contributed by atoms with Gasteiger partial charge in [-0.25, -0.2) is 5.10 Å². The number of carbonyl (C=O) groups excluding carboxylic acids is 1. The van der Waals surface area contributed by atoms with E-state index in [1.165, 1.54) is 6.07 Å². The lowest BCUT2D eigenvalue weighted by Gasteiger charge is -2.01. The first-order valence-corrected chi connectivity index (χ1v) is 3.45. The lowest BCUT2D eigenvalue weighted by atomic mass is 10.2. The van der Waals surface area contributed by atoms with Gasteiger partial charge in [-0.3, -0.25) is 4.79 Å². The highest BCUT2D eigenvalue weighted by Gasteiger charge is 2.00. The summed E-state index contributed by atoms with van der Waals surface area (Å²) >= 11 is 0. The van der Waals surface area contributed by atoms with E-state index >= 15 is 0 Å². The van der Waals surface area contributed by atoms with E-state index in [1.807, 2.05) is 0 Å². The number of nitrogens with one attached hydrogen (secondary N) is 1. The molecule has 0 saturated carbocycles. The summed E-state index contributed by atoms with van der Waals surface area (Å²) in [6.45, 7) is 1.75. The van der Waals surface area contributed by atoms with Crippen molar-refractivity contribution >= 4 is 5.97 Å². The van der Waals surface area contributed by atoms with Crippen molar-refractivity contribution < 1.29 is 9.90 Å². The molecule has 0 aliphatic carbocycles. The Morgan fingerprint density at radius 2 is 2.42 bits per heavy atom. The molecule has 1 heterocycles. The third-order valence-corrected chi connectivity index (χ3v) is 1.47. The van der Waals surface area contributed by atoms with Gasteiger partial charge in [0.15, 0.2) is 0 Å². The molecular formula is C7H7N2O3-. The van der Waals surface area contributed by atoms with Crippen molar-refractivity contribution in [2.24, 2.45) is 0 Å². The maximum Gasteiger partial charge on any atom is 0.267 e. The molecule has 0 spiro atoms. The number of carbonyl (C=O) groups is 1. The van der Waals surface area contributed by atoms with Crippen LogP contribution in [-0.4, -0.2) is 16.2 Å². The first kappa shape index (κ1) is 8.45. The van der Waals surface area contributed by atoms with Crippen LogP contribution in [0.1, 0.15) is 23.0 Å². The Morgan fingerprint density at radius 1 is 1.75 bits per heavy atom. The molecule has 0 aliphatic heterocycles. The van der Waals surface area contributed by atoms with Crippen molar-refractivity contribution in [3.63, 3.8) is 0 Å². The Balaban J connectivity index is 3.23. The molecule has 5 heteroatoms. The van der Waals surface area contributed by atoms with Crippen LogP contribution in [0.3, 0.4) is 0 Å². The molecule has 1 aromatic heterocycles. The lowest BCUT2D eigenvalue weighted by Crippen LogP contribution is -2.26. The summed E-state index contributed by atoms with van der Waals surface area (Å²) in [6.07, 6.45) is 0.470. The van der Waals surface area contributed by atoms with E-state index in [9.17, 15) is 14.7 Å². The van der Waals surface area contributed by atoms with Gasteiger partial charge in [-0.05, 0) is 12.5 Å². The summed E-state index contributed by atoms with van der Waals surface area (Å²) < 4.78 is 0. The molecule has 0 aromatic carbocycles. The summed E-state index contributed by atoms with van der Waals surface area (Å²) in [4.78, 5) is 21.2. The first-order valence-electron chi connectivity index (χ1n) is 3.45. The molecule has 0 aliphatic rings. The molecule has 1 aromatic rings. The number of carboxylic acids is 1. The van der Waals surface area contributed by atoms with Gasteiger partial charge in [0.2, 0.25) is 0 Å². The second-order valence-corrected chi connectivity index (χ2v) is 2.25. The van der Waals surface area contributed by atoms with Crippen molar-refractivity contribution in [2.45, 2.75) is 13.3 Å². The summed E-state index contributed by atoms with van der Waals surface area (Å²) in [7, 11) is 0. The monoisotopic (exact) mass is 167 g/mol. The zero-order valence-electron chi connectivity index (χ0n) is 6.46. The summed E-state index contributed by atoms with van der Waals surface area (Å²) in [5, 5.41) is 15.6. The van der Waals surface area contributed by atoms with Crippen molar-refractivity contribution in [2.75, 3.05) is 0 Å². The quantitative estimate of drug-likeness (QED) is 0.592. The molecule has 1 rings (SSSR count). The Kier molecular flexibility index (Phi) is 2.23. The molecule has 0 fully saturated rings. The number of H-pyrrole nitrogens is 1. The average molecular weight is 167 g/mol. The molecule has 0 unspecified atom stereocenters.